The summed E-state index contributed by atoms with van der Waals surface area (Å²) in [6.45, 7) is 9.72. The minimum absolute atomic E-state index is 0.0550. The first-order chi connectivity index (χ1) is 8.69. The van der Waals surface area contributed by atoms with Crippen LogP contribution < -0.4 is 5.32 Å². The smallest absolute Gasteiger partial charge is 0.225 e. The molecule has 0 aliphatic carbocycles. The van der Waals surface area contributed by atoms with Crippen LogP contribution >= 0.6 is 0 Å². The summed E-state index contributed by atoms with van der Waals surface area (Å²) < 4.78 is 5.61. The highest BCUT2D eigenvalue weighted by molar-refractivity contribution is 5.77. The minimum atomic E-state index is 0.0550. The molecule has 1 N–H and O–H groups in total. The van der Waals surface area contributed by atoms with Crippen molar-refractivity contribution in [1.82, 2.24) is 10.2 Å². The largest absolute Gasteiger partial charge is 0.375 e. The Hall–Kier alpha value is -0.610. The van der Waals surface area contributed by atoms with Gasteiger partial charge in [-0.2, -0.15) is 0 Å². The second-order valence-corrected chi connectivity index (χ2v) is 5.10. The summed E-state index contributed by atoms with van der Waals surface area (Å²) in [5.74, 6) is 0.242. The maximum atomic E-state index is 12.3. The van der Waals surface area contributed by atoms with E-state index in [0.29, 0.717) is 12.5 Å². The Bertz CT molecular complexity index is 240. The molecule has 2 atom stereocenters. The lowest BCUT2D eigenvalue weighted by Crippen LogP contribution is -2.45. The van der Waals surface area contributed by atoms with E-state index in [4.69, 9.17) is 4.74 Å². The Kier molecular flexibility index (Phi) is 7.28. The number of hydrogen-bond donors (Lipinski definition) is 1. The van der Waals surface area contributed by atoms with E-state index in [1.54, 1.807) is 0 Å². The zero-order valence-electron chi connectivity index (χ0n) is 12.1. The third-order valence-corrected chi connectivity index (χ3v) is 3.60. The summed E-state index contributed by atoms with van der Waals surface area (Å²) >= 11 is 0. The second-order valence-electron chi connectivity index (χ2n) is 5.10. The van der Waals surface area contributed by atoms with Gasteiger partial charge < -0.3 is 15.0 Å². The Balaban J connectivity index is 2.46. The number of carbonyl (C=O) groups excluding carboxylic acids is 1. The number of amides is 1. The highest BCUT2D eigenvalue weighted by Gasteiger charge is 2.23. The summed E-state index contributed by atoms with van der Waals surface area (Å²) in [7, 11) is 0. The lowest BCUT2D eigenvalue weighted by molar-refractivity contribution is -0.136. The zero-order valence-corrected chi connectivity index (χ0v) is 12.1. The SMILES string of the molecule is CCCCN(C(=O)CC1CNCCO1)C(C)CC. The molecule has 1 fully saturated rings. The van der Waals surface area contributed by atoms with Crippen LogP contribution in [0, 0.1) is 0 Å². The number of carbonyl (C=O) groups is 1. The number of unbranched alkanes of at least 4 members (excludes halogenated alkanes) is 1. The van der Waals surface area contributed by atoms with Crippen molar-refractivity contribution in [1.29, 1.82) is 0 Å². The van der Waals surface area contributed by atoms with E-state index >= 15 is 0 Å². The lowest BCUT2D eigenvalue weighted by atomic mass is 10.1. The molecule has 1 aliphatic heterocycles. The monoisotopic (exact) mass is 256 g/mol. The number of ether oxygens (including phenoxy) is 1. The first-order valence-electron chi connectivity index (χ1n) is 7.30. The van der Waals surface area contributed by atoms with Crippen LogP contribution in [0.25, 0.3) is 0 Å². The van der Waals surface area contributed by atoms with Crippen LogP contribution in [0.1, 0.15) is 46.5 Å². The van der Waals surface area contributed by atoms with E-state index in [-0.39, 0.29) is 12.0 Å². The van der Waals surface area contributed by atoms with Crippen molar-refractivity contribution in [3.05, 3.63) is 0 Å². The molecule has 1 heterocycles. The van der Waals surface area contributed by atoms with Gasteiger partial charge >= 0.3 is 0 Å². The van der Waals surface area contributed by atoms with E-state index in [1.807, 2.05) is 4.90 Å². The van der Waals surface area contributed by atoms with Crippen LogP contribution in [0.3, 0.4) is 0 Å². The van der Waals surface area contributed by atoms with Gasteiger partial charge in [-0.25, -0.2) is 0 Å². The van der Waals surface area contributed by atoms with Gasteiger partial charge in [-0.1, -0.05) is 20.3 Å². The number of rotatable bonds is 7. The van der Waals surface area contributed by atoms with Gasteiger partial charge in [0.1, 0.15) is 0 Å². The fourth-order valence-electron chi connectivity index (χ4n) is 2.20. The summed E-state index contributed by atoms with van der Waals surface area (Å²) in [6.07, 6.45) is 3.79. The molecule has 106 valence electrons. The summed E-state index contributed by atoms with van der Waals surface area (Å²) in [4.78, 5) is 14.4. The van der Waals surface area contributed by atoms with Gasteiger partial charge in [0.05, 0.1) is 19.1 Å². The van der Waals surface area contributed by atoms with Crippen LogP contribution in [0.15, 0.2) is 0 Å². The highest BCUT2D eigenvalue weighted by atomic mass is 16.5. The number of nitrogens with one attached hydrogen (secondary N) is 1. The summed E-state index contributed by atoms with van der Waals surface area (Å²) in [6, 6.07) is 0.334. The average Bonchev–Trinajstić information content (AvgIpc) is 2.40. The fourth-order valence-corrected chi connectivity index (χ4v) is 2.20. The fraction of sp³-hybridized carbons (Fsp3) is 0.929. The van der Waals surface area contributed by atoms with E-state index in [9.17, 15) is 4.79 Å². The van der Waals surface area contributed by atoms with Gasteiger partial charge in [0.15, 0.2) is 0 Å². The molecule has 0 aromatic carbocycles. The van der Waals surface area contributed by atoms with Crippen LogP contribution in [0.5, 0.6) is 0 Å². The van der Waals surface area contributed by atoms with Crippen molar-refractivity contribution in [2.24, 2.45) is 0 Å². The lowest BCUT2D eigenvalue weighted by Gasteiger charge is -2.31. The van der Waals surface area contributed by atoms with Crippen molar-refractivity contribution >= 4 is 5.91 Å². The molecule has 1 saturated heterocycles. The predicted octanol–water partition coefficient (Wildman–Crippen LogP) is 1.79. The van der Waals surface area contributed by atoms with Gasteiger partial charge in [-0.15, -0.1) is 0 Å². The molecule has 0 aromatic heterocycles. The van der Waals surface area contributed by atoms with E-state index < -0.39 is 0 Å². The Morgan fingerprint density at radius 1 is 1.50 bits per heavy atom. The maximum Gasteiger partial charge on any atom is 0.225 e. The topological polar surface area (TPSA) is 41.6 Å². The highest BCUT2D eigenvalue weighted by Crippen LogP contribution is 2.11. The number of hydrogen-bond acceptors (Lipinski definition) is 3. The molecule has 18 heavy (non-hydrogen) atoms. The van der Waals surface area contributed by atoms with Crippen molar-refractivity contribution in [3.63, 3.8) is 0 Å². The third kappa shape index (κ3) is 4.94. The third-order valence-electron chi connectivity index (χ3n) is 3.60. The first-order valence-corrected chi connectivity index (χ1v) is 7.30. The number of nitrogens with zero attached hydrogens (tertiary/aromatic N) is 1. The molecule has 0 spiro atoms. The number of morpholine rings is 1. The molecule has 2 unspecified atom stereocenters. The molecule has 0 radical (unpaired) electrons. The molecular weight excluding hydrogens is 228 g/mol. The van der Waals surface area contributed by atoms with Crippen molar-refractivity contribution < 1.29 is 9.53 Å². The summed E-state index contributed by atoms with van der Waals surface area (Å²) in [5.41, 5.74) is 0. The molecule has 1 rings (SSSR count). The maximum absolute atomic E-state index is 12.3. The molecular formula is C14H28N2O2. The van der Waals surface area contributed by atoms with E-state index in [0.717, 1.165) is 45.5 Å². The van der Waals surface area contributed by atoms with E-state index in [2.05, 4.69) is 26.1 Å². The van der Waals surface area contributed by atoms with Crippen molar-refractivity contribution in [2.75, 3.05) is 26.2 Å². The first kappa shape index (κ1) is 15.4. The van der Waals surface area contributed by atoms with Gasteiger partial charge in [0, 0.05) is 25.7 Å². The predicted molar refractivity (Wildman–Crippen MR) is 73.6 cm³/mol. The quantitative estimate of drug-likeness (QED) is 0.755. The molecule has 0 bridgehead atoms. The summed E-state index contributed by atoms with van der Waals surface area (Å²) in [5, 5.41) is 3.27. The van der Waals surface area contributed by atoms with E-state index in [1.165, 1.54) is 0 Å². The Morgan fingerprint density at radius 2 is 2.28 bits per heavy atom. The van der Waals surface area contributed by atoms with Crippen LogP contribution in [-0.4, -0.2) is 49.2 Å². The molecule has 4 nitrogen and oxygen atoms in total. The molecule has 4 heteroatoms. The molecule has 1 amide bonds. The molecule has 0 saturated carbocycles. The van der Waals surface area contributed by atoms with Crippen molar-refractivity contribution in [3.8, 4) is 0 Å². The standard InChI is InChI=1S/C14H28N2O2/c1-4-6-8-16(12(3)5-2)14(17)10-13-11-15-7-9-18-13/h12-13,15H,4-11H2,1-3H3. The molecule has 0 aromatic rings. The van der Waals surface area contributed by atoms with Gasteiger partial charge in [0.25, 0.3) is 0 Å². The van der Waals surface area contributed by atoms with Crippen LogP contribution in [0.4, 0.5) is 0 Å². The van der Waals surface area contributed by atoms with Crippen LogP contribution in [0.2, 0.25) is 0 Å². The average molecular weight is 256 g/mol. The molecule has 1 aliphatic rings. The minimum Gasteiger partial charge on any atom is -0.375 e. The van der Waals surface area contributed by atoms with Crippen molar-refractivity contribution in [2.45, 2.75) is 58.6 Å². The van der Waals surface area contributed by atoms with Gasteiger partial charge in [-0.3, -0.25) is 4.79 Å². The van der Waals surface area contributed by atoms with Crippen LogP contribution in [-0.2, 0) is 9.53 Å². The second kappa shape index (κ2) is 8.48. The van der Waals surface area contributed by atoms with Gasteiger partial charge in [-0.05, 0) is 19.8 Å². The normalized spacial score (nSPS) is 21.6. The Labute approximate surface area is 111 Å². The Morgan fingerprint density at radius 3 is 2.83 bits per heavy atom. The van der Waals surface area contributed by atoms with Gasteiger partial charge in [0.2, 0.25) is 5.91 Å². The zero-order chi connectivity index (χ0) is 13.4.